The van der Waals surface area contributed by atoms with Crippen LogP contribution in [0.25, 0.3) is 0 Å². The first-order valence-corrected chi connectivity index (χ1v) is 6.27. The number of sulfone groups is 1. The lowest BCUT2D eigenvalue weighted by atomic mass is 10.1. The lowest BCUT2D eigenvalue weighted by Gasteiger charge is -2.09. The van der Waals surface area contributed by atoms with Crippen molar-refractivity contribution in [2.24, 2.45) is 5.73 Å². The first-order valence-electron chi connectivity index (χ1n) is 4.38. The molecular formula is C10H15NO2S. The number of nitrogens with two attached hydrogens (primary N) is 1. The van der Waals surface area contributed by atoms with E-state index in [4.69, 9.17) is 5.73 Å². The van der Waals surface area contributed by atoms with Crippen molar-refractivity contribution in [3.05, 3.63) is 29.3 Å². The number of hydrogen-bond acceptors (Lipinski definition) is 3. The highest BCUT2D eigenvalue weighted by Gasteiger charge is 2.12. The maximum Gasteiger partial charge on any atom is 0.175 e. The van der Waals surface area contributed by atoms with Crippen molar-refractivity contribution in [1.82, 2.24) is 0 Å². The third-order valence-electron chi connectivity index (χ3n) is 2.14. The molecule has 0 heterocycles. The lowest BCUT2D eigenvalue weighted by molar-refractivity contribution is 0.601. The zero-order chi connectivity index (χ0) is 10.9. The molecule has 0 bridgehead atoms. The first-order chi connectivity index (χ1) is 6.32. The van der Waals surface area contributed by atoms with Gasteiger partial charge in [-0.2, -0.15) is 0 Å². The summed E-state index contributed by atoms with van der Waals surface area (Å²) in [6, 6.07) is 5.15. The van der Waals surface area contributed by atoms with Gasteiger partial charge in [-0.1, -0.05) is 12.1 Å². The van der Waals surface area contributed by atoms with Crippen LogP contribution in [-0.2, 0) is 9.84 Å². The molecule has 0 radical (unpaired) electrons. The molecule has 78 valence electrons. The highest BCUT2D eigenvalue weighted by Crippen LogP contribution is 2.19. The molecule has 1 atom stereocenters. The summed E-state index contributed by atoms with van der Waals surface area (Å²) in [7, 11) is -3.15. The van der Waals surface area contributed by atoms with Crippen LogP contribution < -0.4 is 5.73 Å². The van der Waals surface area contributed by atoms with Crippen LogP contribution in [0.3, 0.4) is 0 Å². The highest BCUT2D eigenvalue weighted by atomic mass is 32.2. The van der Waals surface area contributed by atoms with Gasteiger partial charge >= 0.3 is 0 Å². The van der Waals surface area contributed by atoms with Crippen molar-refractivity contribution in [2.45, 2.75) is 24.8 Å². The molecule has 3 nitrogen and oxygen atoms in total. The molecule has 4 heteroatoms. The molecule has 2 N–H and O–H groups in total. The van der Waals surface area contributed by atoms with E-state index in [-0.39, 0.29) is 6.04 Å². The van der Waals surface area contributed by atoms with Crippen LogP contribution in [-0.4, -0.2) is 14.7 Å². The quantitative estimate of drug-likeness (QED) is 0.808. The van der Waals surface area contributed by atoms with Gasteiger partial charge in [0.2, 0.25) is 0 Å². The fraction of sp³-hybridized carbons (Fsp3) is 0.400. The van der Waals surface area contributed by atoms with Crippen molar-refractivity contribution in [3.8, 4) is 0 Å². The van der Waals surface area contributed by atoms with Crippen LogP contribution in [0.15, 0.2) is 23.1 Å². The fourth-order valence-electron chi connectivity index (χ4n) is 1.30. The number of hydrogen-bond donors (Lipinski definition) is 1. The van der Waals surface area contributed by atoms with Gasteiger partial charge in [-0.05, 0) is 31.0 Å². The Bertz CT molecular complexity index is 435. The number of aryl methyl sites for hydroxylation is 1. The summed E-state index contributed by atoms with van der Waals surface area (Å²) in [6.07, 6.45) is 1.21. The van der Waals surface area contributed by atoms with Gasteiger partial charge in [0, 0.05) is 12.3 Å². The van der Waals surface area contributed by atoms with E-state index in [2.05, 4.69) is 0 Å². The van der Waals surface area contributed by atoms with E-state index >= 15 is 0 Å². The maximum absolute atomic E-state index is 11.4. The van der Waals surface area contributed by atoms with Gasteiger partial charge in [0.15, 0.2) is 9.84 Å². The molecule has 0 aromatic heterocycles. The van der Waals surface area contributed by atoms with Crippen LogP contribution >= 0.6 is 0 Å². The standard InChI is InChI=1S/C10H15NO2S/c1-7-4-5-9(8(2)11)6-10(7)14(3,12)13/h4-6,8H,11H2,1-3H3. The van der Waals surface area contributed by atoms with Crippen molar-refractivity contribution in [3.63, 3.8) is 0 Å². The minimum Gasteiger partial charge on any atom is -0.324 e. The summed E-state index contributed by atoms with van der Waals surface area (Å²) in [5, 5.41) is 0. The Labute approximate surface area is 84.9 Å². The van der Waals surface area contributed by atoms with E-state index in [0.717, 1.165) is 11.1 Å². The van der Waals surface area contributed by atoms with Gasteiger partial charge in [0.1, 0.15) is 0 Å². The van der Waals surface area contributed by atoms with E-state index in [1.807, 2.05) is 13.0 Å². The van der Waals surface area contributed by atoms with Gasteiger partial charge in [0.05, 0.1) is 4.90 Å². The average Bonchev–Trinajstić information content (AvgIpc) is 2.02. The molecule has 0 fully saturated rings. The molecule has 1 unspecified atom stereocenters. The third-order valence-corrected chi connectivity index (χ3v) is 3.38. The molecule has 0 aliphatic rings. The second kappa shape index (κ2) is 3.71. The summed E-state index contributed by atoms with van der Waals surface area (Å²) in [6.45, 7) is 3.61. The highest BCUT2D eigenvalue weighted by molar-refractivity contribution is 7.90. The Morgan fingerprint density at radius 2 is 1.93 bits per heavy atom. The minimum absolute atomic E-state index is 0.143. The van der Waals surface area contributed by atoms with Crippen LogP contribution in [0.5, 0.6) is 0 Å². The number of rotatable bonds is 2. The van der Waals surface area contributed by atoms with Gasteiger partial charge in [-0.25, -0.2) is 8.42 Å². The van der Waals surface area contributed by atoms with Crippen LogP contribution in [0, 0.1) is 6.92 Å². The Morgan fingerprint density at radius 1 is 1.36 bits per heavy atom. The molecule has 0 amide bonds. The third kappa shape index (κ3) is 2.33. The molecule has 0 saturated carbocycles. The summed E-state index contributed by atoms with van der Waals surface area (Å²) < 4.78 is 22.8. The molecule has 0 aliphatic heterocycles. The largest absolute Gasteiger partial charge is 0.324 e. The second-order valence-electron chi connectivity index (χ2n) is 3.59. The molecule has 1 rings (SSSR count). The van der Waals surface area contributed by atoms with Gasteiger partial charge in [-0.3, -0.25) is 0 Å². The van der Waals surface area contributed by atoms with Crippen molar-refractivity contribution in [1.29, 1.82) is 0 Å². The van der Waals surface area contributed by atoms with Crippen LogP contribution in [0.4, 0.5) is 0 Å². The summed E-state index contributed by atoms with van der Waals surface area (Å²) >= 11 is 0. The molecule has 0 spiro atoms. The predicted molar refractivity (Wildman–Crippen MR) is 56.9 cm³/mol. The van der Waals surface area contributed by atoms with Gasteiger partial charge < -0.3 is 5.73 Å². The fourth-order valence-corrected chi connectivity index (χ4v) is 2.30. The van der Waals surface area contributed by atoms with Crippen LogP contribution in [0.2, 0.25) is 0 Å². The van der Waals surface area contributed by atoms with E-state index in [1.165, 1.54) is 6.26 Å². The summed E-state index contributed by atoms with van der Waals surface area (Å²) in [5.74, 6) is 0. The maximum atomic E-state index is 11.4. The topological polar surface area (TPSA) is 60.2 Å². The molecule has 0 aliphatic carbocycles. The predicted octanol–water partition coefficient (Wildman–Crippen LogP) is 1.42. The molecular weight excluding hydrogens is 198 g/mol. The van der Waals surface area contributed by atoms with Crippen molar-refractivity contribution >= 4 is 9.84 Å². The minimum atomic E-state index is -3.15. The number of benzene rings is 1. The monoisotopic (exact) mass is 213 g/mol. The van der Waals surface area contributed by atoms with Crippen molar-refractivity contribution < 1.29 is 8.42 Å². The Kier molecular flexibility index (Phi) is 2.97. The van der Waals surface area contributed by atoms with Crippen molar-refractivity contribution in [2.75, 3.05) is 6.26 Å². The Hall–Kier alpha value is -0.870. The smallest absolute Gasteiger partial charge is 0.175 e. The van der Waals surface area contributed by atoms with Gasteiger partial charge in [0.25, 0.3) is 0 Å². The van der Waals surface area contributed by atoms with E-state index in [9.17, 15) is 8.42 Å². The summed E-state index contributed by atoms with van der Waals surface area (Å²) in [4.78, 5) is 0.368. The lowest BCUT2D eigenvalue weighted by Crippen LogP contribution is -2.07. The molecule has 0 saturated heterocycles. The average molecular weight is 213 g/mol. The zero-order valence-corrected chi connectivity index (χ0v) is 9.43. The Balaban J connectivity index is 3.37. The summed E-state index contributed by atoms with van der Waals surface area (Å²) in [5.41, 5.74) is 7.29. The van der Waals surface area contributed by atoms with E-state index in [0.29, 0.717) is 4.90 Å². The van der Waals surface area contributed by atoms with E-state index < -0.39 is 9.84 Å². The Morgan fingerprint density at radius 3 is 2.36 bits per heavy atom. The molecule has 14 heavy (non-hydrogen) atoms. The normalized spacial score (nSPS) is 14.0. The van der Waals surface area contributed by atoms with E-state index in [1.54, 1.807) is 19.1 Å². The SMILES string of the molecule is Cc1ccc(C(C)N)cc1S(C)(=O)=O. The van der Waals surface area contributed by atoms with Gasteiger partial charge in [-0.15, -0.1) is 0 Å². The van der Waals surface area contributed by atoms with Crippen LogP contribution in [0.1, 0.15) is 24.1 Å². The molecule has 1 aromatic rings. The molecule has 1 aromatic carbocycles. The zero-order valence-electron chi connectivity index (χ0n) is 8.61. The second-order valence-corrected chi connectivity index (χ2v) is 5.57. The first kappa shape index (κ1) is 11.2.